The maximum absolute atomic E-state index is 5.58. The third-order valence-electron chi connectivity index (χ3n) is 2.81. The standard InChI is InChI=1S/C14H18BrNO2/c1-3-17-14(18-4-2)10-16-9-8-11-12(15)6-5-7-13(11)16/h5-9,14H,3-4,10H2,1-2H3. The molecule has 0 spiro atoms. The van der Waals surface area contributed by atoms with Crippen LogP contribution in [0.3, 0.4) is 0 Å². The lowest BCUT2D eigenvalue weighted by Gasteiger charge is -2.18. The van der Waals surface area contributed by atoms with Gasteiger partial charge < -0.3 is 14.0 Å². The fourth-order valence-electron chi connectivity index (χ4n) is 2.03. The van der Waals surface area contributed by atoms with Crippen LogP contribution in [0.2, 0.25) is 0 Å². The van der Waals surface area contributed by atoms with E-state index < -0.39 is 0 Å². The van der Waals surface area contributed by atoms with Gasteiger partial charge in [0.15, 0.2) is 6.29 Å². The van der Waals surface area contributed by atoms with E-state index in [0.717, 1.165) is 4.47 Å². The Balaban J connectivity index is 2.22. The van der Waals surface area contributed by atoms with Gasteiger partial charge in [-0.25, -0.2) is 0 Å². The summed E-state index contributed by atoms with van der Waals surface area (Å²) in [4.78, 5) is 0. The summed E-state index contributed by atoms with van der Waals surface area (Å²) < 4.78 is 14.4. The van der Waals surface area contributed by atoms with Crippen LogP contribution >= 0.6 is 15.9 Å². The molecular formula is C14H18BrNO2. The van der Waals surface area contributed by atoms with Crippen molar-refractivity contribution in [3.05, 3.63) is 34.9 Å². The van der Waals surface area contributed by atoms with Gasteiger partial charge in [0.05, 0.1) is 6.54 Å². The summed E-state index contributed by atoms with van der Waals surface area (Å²) in [5, 5.41) is 1.21. The van der Waals surface area contributed by atoms with Gasteiger partial charge in [0.1, 0.15) is 0 Å². The van der Waals surface area contributed by atoms with Gasteiger partial charge in [0, 0.05) is 34.8 Å². The molecule has 18 heavy (non-hydrogen) atoms. The van der Waals surface area contributed by atoms with Crippen molar-refractivity contribution in [1.29, 1.82) is 0 Å². The van der Waals surface area contributed by atoms with Gasteiger partial charge in [-0.15, -0.1) is 0 Å². The van der Waals surface area contributed by atoms with E-state index in [4.69, 9.17) is 9.47 Å². The summed E-state index contributed by atoms with van der Waals surface area (Å²) >= 11 is 3.56. The van der Waals surface area contributed by atoms with Crippen LogP contribution < -0.4 is 0 Å². The highest BCUT2D eigenvalue weighted by atomic mass is 79.9. The molecule has 3 nitrogen and oxygen atoms in total. The van der Waals surface area contributed by atoms with Gasteiger partial charge in [-0.3, -0.25) is 0 Å². The van der Waals surface area contributed by atoms with Crippen LogP contribution in [0, 0.1) is 0 Å². The molecule has 4 heteroatoms. The Kier molecular flexibility index (Phi) is 4.80. The van der Waals surface area contributed by atoms with Crippen molar-refractivity contribution < 1.29 is 9.47 Å². The van der Waals surface area contributed by atoms with Crippen LogP contribution in [-0.4, -0.2) is 24.1 Å². The smallest absolute Gasteiger partial charge is 0.175 e. The molecule has 0 aliphatic carbocycles. The molecule has 0 saturated carbocycles. The highest BCUT2D eigenvalue weighted by molar-refractivity contribution is 9.10. The minimum Gasteiger partial charge on any atom is -0.351 e. The molecule has 0 aliphatic heterocycles. The molecular weight excluding hydrogens is 294 g/mol. The Morgan fingerprint density at radius 1 is 1.17 bits per heavy atom. The van der Waals surface area contributed by atoms with Crippen LogP contribution in [0.4, 0.5) is 0 Å². The fraction of sp³-hybridized carbons (Fsp3) is 0.429. The van der Waals surface area contributed by atoms with Crippen molar-refractivity contribution in [3.63, 3.8) is 0 Å². The second kappa shape index (κ2) is 6.36. The molecule has 1 aromatic heterocycles. The van der Waals surface area contributed by atoms with Crippen molar-refractivity contribution in [1.82, 2.24) is 4.57 Å². The van der Waals surface area contributed by atoms with Gasteiger partial charge in [-0.2, -0.15) is 0 Å². The lowest BCUT2D eigenvalue weighted by atomic mass is 10.2. The van der Waals surface area contributed by atoms with Crippen molar-refractivity contribution in [2.24, 2.45) is 0 Å². The number of benzene rings is 1. The molecule has 0 atom stereocenters. The quantitative estimate of drug-likeness (QED) is 0.757. The molecule has 0 amide bonds. The zero-order valence-corrected chi connectivity index (χ0v) is 12.3. The predicted octanol–water partition coefficient (Wildman–Crippen LogP) is 3.80. The minimum atomic E-state index is -0.186. The Labute approximate surface area is 116 Å². The first kappa shape index (κ1) is 13.6. The maximum atomic E-state index is 5.58. The van der Waals surface area contributed by atoms with Crippen molar-refractivity contribution in [2.75, 3.05) is 13.2 Å². The van der Waals surface area contributed by atoms with Crippen LogP contribution in [0.5, 0.6) is 0 Å². The summed E-state index contributed by atoms with van der Waals surface area (Å²) in [6.45, 7) is 6.00. The van der Waals surface area contributed by atoms with Gasteiger partial charge in [0.2, 0.25) is 0 Å². The first-order valence-electron chi connectivity index (χ1n) is 6.22. The lowest BCUT2D eigenvalue weighted by molar-refractivity contribution is -0.143. The Hall–Kier alpha value is -0.840. The molecule has 2 rings (SSSR count). The van der Waals surface area contributed by atoms with Crippen LogP contribution in [0.1, 0.15) is 13.8 Å². The molecule has 0 bridgehead atoms. The van der Waals surface area contributed by atoms with E-state index in [9.17, 15) is 0 Å². The van der Waals surface area contributed by atoms with E-state index >= 15 is 0 Å². The number of hydrogen-bond acceptors (Lipinski definition) is 2. The molecule has 1 heterocycles. The SMILES string of the molecule is CCOC(Cn1ccc2c(Br)cccc21)OCC. The third kappa shape index (κ3) is 2.94. The Bertz CT molecular complexity index is 503. The molecule has 0 saturated heterocycles. The fourth-order valence-corrected chi connectivity index (χ4v) is 2.52. The topological polar surface area (TPSA) is 23.4 Å². The van der Waals surface area contributed by atoms with Gasteiger partial charge >= 0.3 is 0 Å². The third-order valence-corrected chi connectivity index (χ3v) is 3.50. The normalized spacial score (nSPS) is 11.6. The van der Waals surface area contributed by atoms with E-state index in [-0.39, 0.29) is 6.29 Å². The number of fused-ring (bicyclic) bond motifs is 1. The van der Waals surface area contributed by atoms with Crippen LogP contribution in [0.25, 0.3) is 10.9 Å². The van der Waals surface area contributed by atoms with E-state index in [1.165, 1.54) is 10.9 Å². The number of halogens is 1. The zero-order chi connectivity index (χ0) is 13.0. The first-order chi connectivity index (χ1) is 8.76. The Morgan fingerprint density at radius 2 is 1.89 bits per heavy atom. The number of ether oxygens (including phenoxy) is 2. The summed E-state index contributed by atoms with van der Waals surface area (Å²) in [5.41, 5.74) is 1.19. The lowest BCUT2D eigenvalue weighted by Crippen LogP contribution is -2.23. The monoisotopic (exact) mass is 311 g/mol. The molecule has 98 valence electrons. The number of aromatic nitrogens is 1. The molecule has 0 fully saturated rings. The molecule has 2 aromatic rings. The molecule has 0 N–H and O–H groups in total. The maximum Gasteiger partial charge on any atom is 0.175 e. The average Bonchev–Trinajstić information content (AvgIpc) is 2.75. The van der Waals surface area contributed by atoms with Crippen molar-refractivity contribution >= 4 is 26.8 Å². The second-order valence-electron chi connectivity index (χ2n) is 3.98. The highest BCUT2D eigenvalue weighted by Gasteiger charge is 2.11. The summed E-state index contributed by atoms with van der Waals surface area (Å²) in [6, 6.07) is 8.30. The molecule has 0 unspecified atom stereocenters. The number of nitrogens with zero attached hydrogens (tertiary/aromatic N) is 1. The van der Waals surface area contributed by atoms with E-state index in [0.29, 0.717) is 19.8 Å². The molecule has 0 radical (unpaired) electrons. The summed E-state index contributed by atoms with van der Waals surface area (Å²) in [6.07, 6.45) is 1.88. The van der Waals surface area contributed by atoms with Gasteiger partial charge in [-0.05, 0) is 32.0 Å². The Morgan fingerprint density at radius 3 is 2.56 bits per heavy atom. The zero-order valence-electron chi connectivity index (χ0n) is 10.7. The van der Waals surface area contributed by atoms with Crippen LogP contribution in [-0.2, 0) is 16.0 Å². The highest BCUT2D eigenvalue weighted by Crippen LogP contribution is 2.25. The van der Waals surface area contributed by atoms with Gasteiger partial charge in [-0.1, -0.05) is 22.0 Å². The largest absolute Gasteiger partial charge is 0.351 e. The number of rotatable bonds is 6. The van der Waals surface area contributed by atoms with Crippen molar-refractivity contribution in [2.45, 2.75) is 26.7 Å². The van der Waals surface area contributed by atoms with Crippen LogP contribution in [0.15, 0.2) is 34.9 Å². The van der Waals surface area contributed by atoms with E-state index in [1.54, 1.807) is 0 Å². The van der Waals surface area contributed by atoms with Gasteiger partial charge in [0.25, 0.3) is 0 Å². The minimum absolute atomic E-state index is 0.186. The predicted molar refractivity (Wildman–Crippen MR) is 76.7 cm³/mol. The summed E-state index contributed by atoms with van der Waals surface area (Å²) in [5.74, 6) is 0. The molecule has 0 aliphatic rings. The van der Waals surface area contributed by atoms with Crippen molar-refractivity contribution in [3.8, 4) is 0 Å². The average molecular weight is 312 g/mol. The second-order valence-corrected chi connectivity index (χ2v) is 4.84. The summed E-state index contributed by atoms with van der Waals surface area (Å²) in [7, 11) is 0. The van der Waals surface area contributed by atoms with E-state index in [1.807, 2.05) is 19.9 Å². The number of hydrogen-bond donors (Lipinski definition) is 0. The first-order valence-corrected chi connectivity index (χ1v) is 7.02. The van der Waals surface area contributed by atoms with E-state index in [2.05, 4.69) is 44.9 Å². The molecule has 1 aromatic carbocycles.